The molecule has 1 aromatic heterocycles. The lowest BCUT2D eigenvalue weighted by Gasteiger charge is -2.26. The third-order valence-electron chi connectivity index (χ3n) is 4.83. The zero-order valence-corrected chi connectivity index (χ0v) is 14.6. The van der Waals surface area contributed by atoms with Crippen molar-refractivity contribution in [2.24, 2.45) is 0 Å². The normalized spacial score (nSPS) is 15.9. The summed E-state index contributed by atoms with van der Waals surface area (Å²) in [5, 5.41) is 4.79. The molecule has 1 amide bonds. The standard InChI is InChI=1S/C20H22N4O/c1-22(2)20(25)15-6-8-18(9-7-15)24-14-16-10-12-23(17-4-3-5-17)13-11-19(16)21-24/h3-9,14H,10-13H2,1-2H3. The number of nitrogens with zero attached hydrogens (tertiary/aromatic N) is 4. The smallest absolute Gasteiger partial charge is 0.253 e. The zero-order valence-electron chi connectivity index (χ0n) is 14.6. The highest BCUT2D eigenvalue weighted by Crippen LogP contribution is 2.22. The van der Waals surface area contributed by atoms with E-state index in [4.69, 9.17) is 5.10 Å². The second-order valence-electron chi connectivity index (χ2n) is 6.73. The van der Waals surface area contributed by atoms with Crippen LogP contribution in [0.4, 0.5) is 0 Å². The molecule has 5 nitrogen and oxygen atoms in total. The monoisotopic (exact) mass is 334 g/mol. The van der Waals surface area contributed by atoms with E-state index in [1.807, 2.05) is 28.9 Å². The van der Waals surface area contributed by atoms with Crippen LogP contribution in [-0.4, -0.2) is 52.7 Å². The van der Waals surface area contributed by atoms with Crippen molar-refractivity contribution in [2.45, 2.75) is 12.8 Å². The van der Waals surface area contributed by atoms with Crippen molar-refractivity contribution < 1.29 is 4.79 Å². The van der Waals surface area contributed by atoms with Gasteiger partial charge in [-0.05, 0) is 48.4 Å². The van der Waals surface area contributed by atoms with Gasteiger partial charge in [0, 0.05) is 51.1 Å². The zero-order chi connectivity index (χ0) is 17.4. The third kappa shape index (κ3) is 2.97. The molecule has 2 aromatic rings. The van der Waals surface area contributed by atoms with Crippen LogP contribution in [0.3, 0.4) is 0 Å². The summed E-state index contributed by atoms with van der Waals surface area (Å²) in [6.45, 7) is 2.04. The van der Waals surface area contributed by atoms with Gasteiger partial charge >= 0.3 is 0 Å². The van der Waals surface area contributed by atoms with Crippen molar-refractivity contribution in [1.82, 2.24) is 19.6 Å². The predicted molar refractivity (Wildman–Crippen MR) is 97.8 cm³/mol. The molecule has 5 heteroatoms. The molecule has 0 saturated heterocycles. The second kappa shape index (κ2) is 6.24. The van der Waals surface area contributed by atoms with Crippen molar-refractivity contribution >= 4 is 5.91 Å². The van der Waals surface area contributed by atoms with Crippen LogP contribution in [0.25, 0.3) is 5.69 Å². The molecule has 0 bridgehead atoms. The minimum Gasteiger partial charge on any atom is -0.371 e. The number of hydrogen-bond acceptors (Lipinski definition) is 3. The van der Waals surface area contributed by atoms with E-state index in [1.54, 1.807) is 19.0 Å². The third-order valence-corrected chi connectivity index (χ3v) is 4.83. The SMILES string of the molecule is CN(C)C(=O)c1ccc(-n2cc3c(n2)CCN(C2=CC=C2)CC3)cc1. The molecule has 1 aliphatic heterocycles. The number of carbonyl (C=O) groups excluding carboxylic acids is 1. The summed E-state index contributed by atoms with van der Waals surface area (Å²) in [6.07, 6.45) is 10.5. The molecule has 0 saturated carbocycles. The fourth-order valence-corrected chi connectivity index (χ4v) is 3.27. The van der Waals surface area contributed by atoms with E-state index in [1.165, 1.54) is 17.0 Å². The molecule has 1 aromatic carbocycles. The highest BCUT2D eigenvalue weighted by molar-refractivity contribution is 5.94. The van der Waals surface area contributed by atoms with Gasteiger partial charge in [-0.3, -0.25) is 4.79 Å². The first kappa shape index (κ1) is 15.7. The highest BCUT2D eigenvalue weighted by atomic mass is 16.2. The first-order valence-corrected chi connectivity index (χ1v) is 8.64. The molecule has 0 fully saturated rings. The van der Waals surface area contributed by atoms with Crippen LogP contribution in [0, 0.1) is 0 Å². The van der Waals surface area contributed by atoms with E-state index in [0.29, 0.717) is 5.56 Å². The van der Waals surface area contributed by atoms with E-state index in [9.17, 15) is 4.79 Å². The lowest BCUT2D eigenvalue weighted by molar-refractivity contribution is 0.0827. The summed E-state index contributed by atoms with van der Waals surface area (Å²) < 4.78 is 1.94. The van der Waals surface area contributed by atoms with Crippen LogP contribution >= 0.6 is 0 Å². The Morgan fingerprint density at radius 3 is 2.48 bits per heavy atom. The van der Waals surface area contributed by atoms with Crippen molar-refractivity contribution in [3.05, 3.63) is 71.2 Å². The quantitative estimate of drug-likeness (QED) is 0.866. The number of aromatic nitrogens is 2. The van der Waals surface area contributed by atoms with Gasteiger partial charge < -0.3 is 9.80 Å². The van der Waals surface area contributed by atoms with Crippen molar-refractivity contribution in [1.29, 1.82) is 0 Å². The largest absolute Gasteiger partial charge is 0.371 e. The minimum atomic E-state index is 0.0160. The van der Waals surface area contributed by atoms with Crippen LogP contribution in [0.15, 0.2) is 54.4 Å². The van der Waals surface area contributed by atoms with Gasteiger partial charge in [0.1, 0.15) is 0 Å². The first-order valence-electron chi connectivity index (χ1n) is 8.64. The maximum atomic E-state index is 12.0. The Morgan fingerprint density at radius 2 is 1.84 bits per heavy atom. The molecule has 4 rings (SSSR count). The Bertz CT molecular complexity index is 833. The minimum absolute atomic E-state index is 0.0160. The topological polar surface area (TPSA) is 41.4 Å². The van der Waals surface area contributed by atoms with Crippen molar-refractivity contribution in [2.75, 3.05) is 27.2 Å². The van der Waals surface area contributed by atoms with Gasteiger partial charge in [-0.1, -0.05) is 6.08 Å². The van der Waals surface area contributed by atoms with E-state index >= 15 is 0 Å². The first-order chi connectivity index (χ1) is 12.1. The average molecular weight is 334 g/mol. The summed E-state index contributed by atoms with van der Waals surface area (Å²) in [5.41, 5.74) is 5.52. The Morgan fingerprint density at radius 1 is 1.12 bits per heavy atom. The molecule has 0 radical (unpaired) electrons. The number of fused-ring (bicyclic) bond motifs is 1. The number of rotatable bonds is 3. The van der Waals surface area contributed by atoms with Crippen LogP contribution in [0.5, 0.6) is 0 Å². The molecule has 25 heavy (non-hydrogen) atoms. The highest BCUT2D eigenvalue weighted by Gasteiger charge is 2.19. The van der Waals surface area contributed by atoms with E-state index in [2.05, 4.69) is 29.3 Å². The lowest BCUT2D eigenvalue weighted by atomic mass is 10.1. The van der Waals surface area contributed by atoms with E-state index < -0.39 is 0 Å². The lowest BCUT2D eigenvalue weighted by Crippen LogP contribution is -2.26. The van der Waals surface area contributed by atoms with Crippen LogP contribution in [0.2, 0.25) is 0 Å². The van der Waals surface area contributed by atoms with Crippen LogP contribution < -0.4 is 0 Å². The fraction of sp³-hybridized carbons (Fsp3) is 0.300. The van der Waals surface area contributed by atoms with Crippen molar-refractivity contribution in [3.63, 3.8) is 0 Å². The van der Waals surface area contributed by atoms with E-state index in [-0.39, 0.29) is 5.91 Å². The van der Waals surface area contributed by atoms with Crippen LogP contribution in [0.1, 0.15) is 21.6 Å². The number of benzene rings is 1. The Kier molecular flexibility index (Phi) is 3.92. The molecule has 0 unspecified atom stereocenters. The summed E-state index contributed by atoms with van der Waals surface area (Å²) in [4.78, 5) is 16.0. The van der Waals surface area contributed by atoms with Gasteiger partial charge in [0.25, 0.3) is 5.91 Å². The molecule has 2 aliphatic rings. The van der Waals surface area contributed by atoms with Gasteiger partial charge in [0.05, 0.1) is 11.4 Å². The molecule has 2 heterocycles. The number of amides is 1. The Labute approximate surface area is 147 Å². The van der Waals surface area contributed by atoms with Gasteiger partial charge in [0.15, 0.2) is 0 Å². The summed E-state index contributed by atoms with van der Waals surface area (Å²) >= 11 is 0. The maximum Gasteiger partial charge on any atom is 0.253 e. The number of carbonyl (C=O) groups is 1. The predicted octanol–water partition coefficient (Wildman–Crippen LogP) is 2.43. The summed E-state index contributed by atoms with van der Waals surface area (Å²) in [6, 6.07) is 7.64. The van der Waals surface area contributed by atoms with Gasteiger partial charge in [-0.25, -0.2) is 4.68 Å². The average Bonchev–Trinajstić information content (AvgIpc) is 2.89. The van der Waals surface area contributed by atoms with Gasteiger partial charge in [0.2, 0.25) is 0 Å². The Hall–Kier alpha value is -2.82. The molecule has 0 spiro atoms. The molecule has 0 N–H and O–H groups in total. The maximum absolute atomic E-state index is 12.0. The van der Waals surface area contributed by atoms with E-state index in [0.717, 1.165) is 31.6 Å². The molecular formula is C20H22N4O. The fourth-order valence-electron chi connectivity index (χ4n) is 3.27. The number of hydrogen-bond donors (Lipinski definition) is 0. The molecule has 1 aliphatic carbocycles. The van der Waals surface area contributed by atoms with Gasteiger partial charge in [-0.15, -0.1) is 0 Å². The Balaban J connectivity index is 1.51. The van der Waals surface area contributed by atoms with Crippen LogP contribution in [-0.2, 0) is 12.8 Å². The van der Waals surface area contributed by atoms with Crippen molar-refractivity contribution in [3.8, 4) is 5.69 Å². The second-order valence-corrected chi connectivity index (χ2v) is 6.73. The number of allylic oxidation sites excluding steroid dienone is 3. The van der Waals surface area contributed by atoms with Gasteiger partial charge in [-0.2, -0.15) is 5.10 Å². The molecule has 0 atom stereocenters. The summed E-state index contributed by atoms with van der Waals surface area (Å²) in [5.74, 6) is 0.0160. The summed E-state index contributed by atoms with van der Waals surface area (Å²) in [7, 11) is 3.53. The molecular weight excluding hydrogens is 312 g/mol. The molecule has 128 valence electrons.